The molecule has 0 bridgehead atoms. The van der Waals surface area contributed by atoms with Crippen molar-refractivity contribution < 1.29 is 4.79 Å². The van der Waals surface area contributed by atoms with Gasteiger partial charge in [0.1, 0.15) is 11.5 Å². The largest absolute Gasteiger partial charge is 0.382 e. The summed E-state index contributed by atoms with van der Waals surface area (Å²) in [4.78, 5) is 22.1. The number of nitrogens with zero attached hydrogens (tertiary/aromatic N) is 3. The van der Waals surface area contributed by atoms with Crippen molar-refractivity contribution >= 4 is 11.7 Å². The molecule has 2 rings (SSSR count). The van der Waals surface area contributed by atoms with E-state index in [1.807, 2.05) is 4.90 Å². The molecular weight excluding hydrogens is 228 g/mol. The Kier molecular flexibility index (Phi) is 3.50. The molecule has 98 valence electrons. The molecule has 5 nitrogen and oxygen atoms in total. The molecular formula is C13H20N4O. The zero-order chi connectivity index (χ0) is 13.2. The molecule has 0 radical (unpaired) electrons. The summed E-state index contributed by atoms with van der Waals surface area (Å²) in [6.07, 6.45) is 6.18. The van der Waals surface area contributed by atoms with Crippen molar-refractivity contribution in [3.63, 3.8) is 0 Å². The molecule has 0 saturated carbocycles. The second-order valence-electron chi connectivity index (χ2n) is 5.01. The first-order chi connectivity index (χ1) is 8.60. The van der Waals surface area contributed by atoms with E-state index in [4.69, 9.17) is 5.73 Å². The predicted octanol–water partition coefficient (Wildman–Crippen LogP) is 1.71. The van der Waals surface area contributed by atoms with Gasteiger partial charge in [-0.3, -0.25) is 4.79 Å². The molecule has 1 saturated heterocycles. The molecule has 1 aliphatic rings. The number of aromatic nitrogens is 2. The standard InChI is InChI=1S/C13H20N4O/c1-3-13(4-2)5-6-17(9-13)12(18)10-7-16-11(14)8-15-10/h7-8H,3-6,9H2,1-2H3,(H2,14,16). The number of hydrogen-bond donors (Lipinski definition) is 1. The predicted molar refractivity (Wildman–Crippen MR) is 70.0 cm³/mol. The number of likely N-dealkylation sites (tertiary alicyclic amines) is 1. The smallest absolute Gasteiger partial charge is 0.274 e. The van der Waals surface area contributed by atoms with Gasteiger partial charge in [0.25, 0.3) is 5.91 Å². The highest BCUT2D eigenvalue weighted by Crippen LogP contribution is 2.37. The normalized spacial score (nSPS) is 18.0. The average molecular weight is 248 g/mol. The van der Waals surface area contributed by atoms with E-state index in [-0.39, 0.29) is 11.3 Å². The van der Waals surface area contributed by atoms with Gasteiger partial charge in [-0.2, -0.15) is 0 Å². The van der Waals surface area contributed by atoms with E-state index in [1.54, 1.807) is 0 Å². The maximum atomic E-state index is 12.3. The second kappa shape index (κ2) is 4.92. The van der Waals surface area contributed by atoms with E-state index < -0.39 is 0 Å². The quantitative estimate of drug-likeness (QED) is 0.884. The second-order valence-corrected chi connectivity index (χ2v) is 5.01. The lowest BCUT2D eigenvalue weighted by molar-refractivity contribution is 0.0763. The van der Waals surface area contributed by atoms with Crippen molar-refractivity contribution in [1.82, 2.24) is 14.9 Å². The molecule has 1 amide bonds. The first-order valence-electron chi connectivity index (χ1n) is 6.47. The van der Waals surface area contributed by atoms with Gasteiger partial charge in [-0.25, -0.2) is 9.97 Å². The molecule has 0 aliphatic carbocycles. The molecule has 0 aromatic carbocycles. The van der Waals surface area contributed by atoms with Crippen molar-refractivity contribution in [3.8, 4) is 0 Å². The zero-order valence-corrected chi connectivity index (χ0v) is 11.0. The average Bonchev–Trinajstić information content (AvgIpc) is 2.84. The summed E-state index contributed by atoms with van der Waals surface area (Å²) in [7, 11) is 0. The zero-order valence-electron chi connectivity index (χ0n) is 11.0. The number of nitrogen functional groups attached to an aromatic ring is 1. The van der Waals surface area contributed by atoms with E-state index in [9.17, 15) is 4.79 Å². The number of rotatable bonds is 3. The number of carbonyl (C=O) groups excluding carboxylic acids is 1. The molecule has 0 spiro atoms. The molecule has 1 aromatic heterocycles. The third-order valence-electron chi connectivity index (χ3n) is 4.12. The number of carbonyl (C=O) groups is 1. The van der Waals surface area contributed by atoms with Crippen LogP contribution < -0.4 is 5.73 Å². The van der Waals surface area contributed by atoms with Gasteiger partial charge in [-0.15, -0.1) is 0 Å². The third-order valence-corrected chi connectivity index (χ3v) is 4.12. The Morgan fingerprint density at radius 3 is 2.61 bits per heavy atom. The molecule has 0 unspecified atom stereocenters. The Hall–Kier alpha value is -1.65. The van der Waals surface area contributed by atoms with Gasteiger partial charge in [0, 0.05) is 13.1 Å². The number of anilines is 1. The van der Waals surface area contributed by atoms with Crippen LogP contribution in [0.25, 0.3) is 0 Å². The third kappa shape index (κ3) is 2.30. The van der Waals surface area contributed by atoms with Gasteiger partial charge < -0.3 is 10.6 Å². The fourth-order valence-electron chi connectivity index (χ4n) is 2.55. The van der Waals surface area contributed by atoms with Gasteiger partial charge in [-0.1, -0.05) is 13.8 Å². The summed E-state index contributed by atoms with van der Waals surface area (Å²) in [6, 6.07) is 0. The van der Waals surface area contributed by atoms with Crippen molar-refractivity contribution in [1.29, 1.82) is 0 Å². The monoisotopic (exact) mass is 248 g/mol. The summed E-state index contributed by atoms with van der Waals surface area (Å²) >= 11 is 0. The highest BCUT2D eigenvalue weighted by atomic mass is 16.2. The summed E-state index contributed by atoms with van der Waals surface area (Å²) in [5.74, 6) is 0.302. The van der Waals surface area contributed by atoms with E-state index in [1.165, 1.54) is 12.4 Å². The van der Waals surface area contributed by atoms with Gasteiger partial charge in [-0.05, 0) is 24.7 Å². The highest BCUT2D eigenvalue weighted by molar-refractivity contribution is 5.92. The fraction of sp³-hybridized carbons (Fsp3) is 0.615. The minimum atomic E-state index is -0.0359. The minimum Gasteiger partial charge on any atom is -0.382 e. The van der Waals surface area contributed by atoms with Gasteiger partial charge in [0.2, 0.25) is 0 Å². The van der Waals surface area contributed by atoms with Crippen LogP contribution in [0.1, 0.15) is 43.6 Å². The maximum absolute atomic E-state index is 12.3. The SMILES string of the molecule is CCC1(CC)CCN(C(=O)c2cnc(N)cn2)C1. The Morgan fingerprint density at radius 2 is 2.11 bits per heavy atom. The number of hydrogen-bond acceptors (Lipinski definition) is 4. The van der Waals surface area contributed by atoms with Crippen LogP contribution in [0.4, 0.5) is 5.82 Å². The van der Waals surface area contributed by atoms with Crippen molar-refractivity contribution in [2.75, 3.05) is 18.8 Å². The Labute approximate surface area is 107 Å². The van der Waals surface area contributed by atoms with E-state index >= 15 is 0 Å². The number of amides is 1. The summed E-state index contributed by atoms with van der Waals surface area (Å²) in [6.45, 7) is 6.03. The summed E-state index contributed by atoms with van der Waals surface area (Å²) in [5.41, 5.74) is 6.14. The highest BCUT2D eigenvalue weighted by Gasteiger charge is 2.37. The molecule has 18 heavy (non-hydrogen) atoms. The molecule has 1 aliphatic heterocycles. The van der Waals surface area contributed by atoms with E-state index in [2.05, 4.69) is 23.8 Å². The lowest BCUT2D eigenvalue weighted by Gasteiger charge is -2.26. The topological polar surface area (TPSA) is 72.1 Å². The van der Waals surface area contributed by atoms with Crippen LogP contribution in [0, 0.1) is 5.41 Å². The Morgan fingerprint density at radius 1 is 1.39 bits per heavy atom. The van der Waals surface area contributed by atoms with Gasteiger partial charge >= 0.3 is 0 Å². The molecule has 1 aromatic rings. The van der Waals surface area contributed by atoms with Crippen LogP contribution >= 0.6 is 0 Å². The van der Waals surface area contributed by atoms with Crippen molar-refractivity contribution in [2.45, 2.75) is 33.1 Å². The Balaban J connectivity index is 2.10. The minimum absolute atomic E-state index is 0.0359. The fourth-order valence-corrected chi connectivity index (χ4v) is 2.55. The van der Waals surface area contributed by atoms with Crippen LogP contribution in [0.15, 0.2) is 12.4 Å². The Bertz CT molecular complexity index is 425. The molecule has 1 fully saturated rings. The number of nitrogens with two attached hydrogens (primary N) is 1. The molecule has 2 N–H and O–H groups in total. The lowest BCUT2D eigenvalue weighted by atomic mass is 9.82. The first-order valence-corrected chi connectivity index (χ1v) is 6.47. The summed E-state index contributed by atoms with van der Waals surface area (Å²) < 4.78 is 0. The van der Waals surface area contributed by atoms with Crippen molar-refractivity contribution in [2.24, 2.45) is 5.41 Å². The molecule has 0 atom stereocenters. The van der Waals surface area contributed by atoms with Crippen LogP contribution in [0.5, 0.6) is 0 Å². The van der Waals surface area contributed by atoms with Gasteiger partial charge in [0.15, 0.2) is 0 Å². The van der Waals surface area contributed by atoms with Crippen LogP contribution in [0.3, 0.4) is 0 Å². The lowest BCUT2D eigenvalue weighted by Crippen LogP contribution is -2.32. The van der Waals surface area contributed by atoms with Gasteiger partial charge in [0.05, 0.1) is 12.4 Å². The first kappa shape index (κ1) is 12.8. The van der Waals surface area contributed by atoms with Crippen molar-refractivity contribution in [3.05, 3.63) is 18.1 Å². The van der Waals surface area contributed by atoms with Crippen LogP contribution in [-0.4, -0.2) is 33.9 Å². The molecule has 2 heterocycles. The molecule has 5 heteroatoms. The maximum Gasteiger partial charge on any atom is 0.274 e. The van der Waals surface area contributed by atoms with Crippen LogP contribution in [-0.2, 0) is 0 Å². The van der Waals surface area contributed by atoms with Crippen LogP contribution in [0.2, 0.25) is 0 Å². The summed E-state index contributed by atoms with van der Waals surface area (Å²) in [5, 5.41) is 0. The van der Waals surface area contributed by atoms with E-state index in [0.717, 1.165) is 32.4 Å². The van der Waals surface area contributed by atoms with E-state index in [0.29, 0.717) is 11.5 Å².